The van der Waals surface area contributed by atoms with Gasteiger partial charge in [-0.2, -0.15) is 0 Å². The molecular formula is C18H30N4. The summed E-state index contributed by atoms with van der Waals surface area (Å²) in [5.41, 5.74) is 7.97. The van der Waals surface area contributed by atoms with Crippen LogP contribution in [0.4, 0.5) is 0 Å². The normalized spacial score (nSPS) is 27.3. The number of nitrogens with zero attached hydrogens (tertiary/aromatic N) is 1. The second-order valence-corrected chi connectivity index (χ2v) is 6.94. The van der Waals surface area contributed by atoms with Gasteiger partial charge in [-0.1, -0.05) is 30.3 Å². The van der Waals surface area contributed by atoms with Crippen LogP contribution >= 0.6 is 0 Å². The van der Waals surface area contributed by atoms with Gasteiger partial charge in [-0.05, 0) is 50.9 Å². The summed E-state index contributed by atoms with van der Waals surface area (Å²) in [4.78, 5) is 2.60. The first kappa shape index (κ1) is 15.9. The lowest BCUT2D eigenvalue weighted by molar-refractivity contribution is 0.174. The predicted molar refractivity (Wildman–Crippen MR) is 91.4 cm³/mol. The Morgan fingerprint density at radius 3 is 2.59 bits per heavy atom. The Morgan fingerprint density at radius 1 is 1.14 bits per heavy atom. The molecule has 0 aromatic heterocycles. The molecule has 3 N–H and O–H groups in total. The third kappa shape index (κ3) is 4.53. The van der Waals surface area contributed by atoms with Gasteiger partial charge < -0.3 is 5.32 Å². The summed E-state index contributed by atoms with van der Waals surface area (Å²) in [7, 11) is 0. The average molecular weight is 302 g/mol. The molecule has 22 heavy (non-hydrogen) atoms. The van der Waals surface area contributed by atoms with Crippen LogP contribution in [-0.4, -0.2) is 43.7 Å². The number of likely N-dealkylation sites (tertiary alicyclic amines) is 1. The van der Waals surface area contributed by atoms with E-state index in [2.05, 4.69) is 58.3 Å². The molecule has 4 nitrogen and oxygen atoms in total. The van der Waals surface area contributed by atoms with Crippen molar-refractivity contribution in [1.29, 1.82) is 0 Å². The molecule has 2 atom stereocenters. The fraction of sp³-hybridized carbons (Fsp3) is 0.667. The highest BCUT2D eigenvalue weighted by atomic mass is 15.4. The molecule has 4 heteroatoms. The van der Waals surface area contributed by atoms with Gasteiger partial charge >= 0.3 is 0 Å². The molecule has 2 saturated heterocycles. The van der Waals surface area contributed by atoms with Crippen molar-refractivity contribution in [2.24, 2.45) is 11.8 Å². The molecule has 0 bridgehead atoms. The van der Waals surface area contributed by atoms with Gasteiger partial charge in [0.15, 0.2) is 0 Å². The van der Waals surface area contributed by atoms with Crippen LogP contribution in [0.25, 0.3) is 0 Å². The zero-order chi connectivity index (χ0) is 15.2. The maximum absolute atomic E-state index is 3.69. The minimum atomic E-state index is 0.584. The van der Waals surface area contributed by atoms with Gasteiger partial charge in [0.05, 0.1) is 0 Å². The number of nitrogens with one attached hydrogen (secondary N) is 3. The molecule has 2 aliphatic rings. The van der Waals surface area contributed by atoms with Crippen molar-refractivity contribution >= 4 is 0 Å². The van der Waals surface area contributed by atoms with E-state index in [1.165, 1.54) is 38.0 Å². The quantitative estimate of drug-likeness (QED) is 0.746. The van der Waals surface area contributed by atoms with Crippen LogP contribution < -0.4 is 16.2 Å². The molecule has 2 heterocycles. The monoisotopic (exact) mass is 302 g/mol. The van der Waals surface area contributed by atoms with E-state index in [1.54, 1.807) is 0 Å². The number of hydrogen-bond donors (Lipinski definition) is 3. The Kier molecular flexibility index (Phi) is 5.84. The largest absolute Gasteiger partial charge is 0.316 e. The molecule has 2 aliphatic heterocycles. The molecule has 2 unspecified atom stereocenters. The molecule has 122 valence electrons. The maximum atomic E-state index is 3.69. The number of piperidine rings is 1. The highest BCUT2D eigenvalue weighted by molar-refractivity contribution is 5.14. The molecule has 0 saturated carbocycles. The van der Waals surface area contributed by atoms with E-state index in [0.717, 1.165) is 31.5 Å². The fourth-order valence-corrected chi connectivity index (χ4v) is 3.56. The van der Waals surface area contributed by atoms with Gasteiger partial charge in [0.2, 0.25) is 0 Å². The Hall–Kier alpha value is -0.940. The van der Waals surface area contributed by atoms with Crippen LogP contribution in [0.3, 0.4) is 0 Å². The summed E-state index contributed by atoms with van der Waals surface area (Å²) in [6.07, 6.45) is 2.66. The summed E-state index contributed by atoms with van der Waals surface area (Å²) in [5.74, 6) is 1.57. The topological polar surface area (TPSA) is 39.3 Å². The van der Waals surface area contributed by atoms with Crippen LogP contribution in [-0.2, 0) is 6.54 Å². The zero-order valence-electron chi connectivity index (χ0n) is 13.7. The Bertz CT molecular complexity index is 428. The predicted octanol–water partition coefficient (Wildman–Crippen LogP) is 1.60. The molecule has 1 aromatic carbocycles. The van der Waals surface area contributed by atoms with Crippen molar-refractivity contribution in [1.82, 2.24) is 21.1 Å². The molecule has 2 fully saturated rings. The van der Waals surface area contributed by atoms with Crippen LogP contribution in [0.1, 0.15) is 25.3 Å². The van der Waals surface area contributed by atoms with Crippen molar-refractivity contribution in [3.05, 3.63) is 35.9 Å². The van der Waals surface area contributed by atoms with Gasteiger partial charge in [-0.25, -0.2) is 0 Å². The van der Waals surface area contributed by atoms with E-state index in [9.17, 15) is 0 Å². The van der Waals surface area contributed by atoms with Crippen LogP contribution in [0.15, 0.2) is 30.3 Å². The number of hydrazine groups is 1. The smallest absolute Gasteiger partial charge is 0.0237 e. The van der Waals surface area contributed by atoms with E-state index in [1.807, 2.05) is 0 Å². The lowest BCUT2D eigenvalue weighted by Crippen LogP contribution is -2.39. The number of hydrogen-bond acceptors (Lipinski definition) is 4. The van der Waals surface area contributed by atoms with E-state index >= 15 is 0 Å². The third-order valence-electron chi connectivity index (χ3n) is 5.20. The molecule has 0 amide bonds. The Balaban J connectivity index is 1.32. The highest BCUT2D eigenvalue weighted by Gasteiger charge is 2.23. The highest BCUT2D eigenvalue weighted by Crippen LogP contribution is 2.18. The molecule has 3 rings (SSSR count). The van der Waals surface area contributed by atoms with Crippen molar-refractivity contribution in [2.45, 2.75) is 32.4 Å². The van der Waals surface area contributed by atoms with Crippen molar-refractivity contribution in [3.8, 4) is 0 Å². The molecule has 0 aliphatic carbocycles. The van der Waals surface area contributed by atoms with Crippen LogP contribution in [0, 0.1) is 11.8 Å². The zero-order valence-corrected chi connectivity index (χ0v) is 13.7. The van der Waals surface area contributed by atoms with E-state index in [0.29, 0.717) is 6.04 Å². The standard InChI is InChI=1S/C18H30N4/c1-15-18(13-20-21-15)12-19-11-16-7-9-22(10-8-16)14-17-5-3-2-4-6-17/h2-6,15-16,18-21H,7-14H2,1H3. The average Bonchev–Trinajstić information content (AvgIpc) is 2.95. The summed E-state index contributed by atoms with van der Waals surface area (Å²) < 4.78 is 0. The van der Waals surface area contributed by atoms with Gasteiger partial charge in [0.25, 0.3) is 0 Å². The maximum Gasteiger partial charge on any atom is 0.0237 e. The Labute approximate surface area is 134 Å². The lowest BCUT2D eigenvalue weighted by Gasteiger charge is -2.32. The van der Waals surface area contributed by atoms with E-state index in [-0.39, 0.29) is 0 Å². The second kappa shape index (κ2) is 8.06. The minimum Gasteiger partial charge on any atom is -0.316 e. The van der Waals surface area contributed by atoms with Gasteiger partial charge in [-0.3, -0.25) is 15.8 Å². The molecule has 0 spiro atoms. The minimum absolute atomic E-state index is 0.584. The van der Waals surface area contributed by atoms with E-state index < -0.39 is 0 Å². The first-order valence-electron chi connectivity index (χ1n) is 8.76. The van der Waals surface area contributed by atoms with Gasteiger partial charge in [-0.15, -0.1) is 0 Å². The summed E-state index contributed by atoms with van der Waals surface area (Å²) in [5, 5.41) is 3.69. The van der Waals surface area contributed by atoms with Crippen LogP contribution in [0.2, 0.25) is 0 Å². The fourth-order valence-electron chi connectivity index (χ4n) is 3.56. The molecular weight excluding hydrogens is 272 g/mol. The van der Waals surface area contributed by atoms with Crippen molar-refractivity contribution in [2.75, 3.05) is 32.7 Å². The van der Waals surface area contributed by atoms with E-state index in [4.69, 9.17) is 0 Å². The SMILES string of the molecule is CC1NNCC1CNCC1CCN(Cc2ccccc2)CC1. The second-order valence-electron chi connectivity index (χ2n) is 6.94. The molecule has 0 radical (unpaired) electrons. The van der Waals surface area contributed by atoms with Crippen molar-refractivity contribution in [3.63, 3.8) is 0 Å². The van der Waals surface area contributed by atoms with Gasteiger partial charge in [0.1, 0.15) is 0 Å². The van der Waals surface area contributed by atoms with Gasteiger partial charge in [0, 0.05) is 31.6 Å². The molecule has 1 aromatic rings. The van der Waals surface area contributed by atoms with Crippen molar-refractivity contribution < 1.29 is 0 Å². The Morgan fingerprint density at radius 2 is 1.91 bits per heavy atom. The third-order valence-corrected chi connectivity index (χ3v) is 5.20. The summed E-state index contributed by atoms with van der Waals surface area (Å²) in [6.45, 7) is 9.25. The van der Waals surface area contributed by atoms with Crippen LogP contribution in [0.5, 0.6) is 0 Å². The summed E-state index contributed by atoms with van der Waals surface area (Å²) in [6, 6.07) is 11.4. The number of rotatable bonds is 6. The summed E-state index contributed by atoms with van der Waals surface area (Å²) >= 11 is 0. The first-order valence-corrected chi connectivity index (χ1v) is 8.76. The first-order chi connectivity index (χ1) is 10.8. The number of benzene rings is 1. The lowest BCUT2D eigenvalue weighted by atomic mass is 9.96.